The van der Waals surface area contributed by atoms with Crippen molar-refractivity contribution in [3.8, 4) is 0 Å². The zero-order chi connectivity index (χ0) is 15.9. The number of aromatic nitrogens is 2. The second kappa shape index (κ2) is 5.25. The minimum Gasteiger partial charge on any atom is -0.349 e. The molecule has 2 aliphatic rings. The molecular weight excluding hydrogens is 294 g/mol. The molecule has 0 aromatic carbocycles. The normalized spacial score (nSPS) is 32.5. The number of ether oxygens (including phenoxy) is 3. The van der Waals surface area contributed by atoms with E-state index in [4.69, 9.17) is 19.7 Å². The molecule has 1 aromatic heterocycles. The molecule has 1 N–H and O–H groups in total. The highest BCUT2D eigenvalue weighted by molar-refractivity contribution is 4.99. The van der Waals surface area contributed by atoms with E-state index in [-0.39, 0.29) is 6.54 Å². The summed E-state index contributed by atoms with van der Waals surface area (Å²) in [5.41, 5.74) is 7.37. The summed E-state index contributed by atoms with van der Waals surface area (Å²) in [7, 11) is 0. The van der Waals surface area contributed by atoms with E-state index in [1.165, 1.54) is 16.8 Å². The van der Waals surface area contributed by atoms with Crippen LogP contribution in [0.15, 0.2) is 27.0 Å². The molecule has 118 valence electrons. The standard InChI is InChI=1S/C12H15N5O5/c1-12(2)21-8-6(5-14-16-13)20-10(9(8)22-12)17-4-3-7(18)15-11(17)19/h3-4,6,8-10H,5H2,1-2H3,(H,15,18,19)/t6-,8?,9+,10-/m1/s1. The lowest BCUT2D eigenvalue weighted by Gasteiger charge is -2.24. The van der Waals surface area contributed by atoms with Gasteiger partial charge in [0.25, 0.3) is 5.56 Å². The average molecular weight is 309 g/mol. The van der Waals surface area contributed by atoms with Crippen molar-refractivity contribution in [1.82, 2.24) is 9.55 Å². The van der Waals surface area contributed by atoms with Gasteiger partial charge in [-0.25, -0.2) is 4.79 Å². The quantitative estimate of drug-likeness (QED) is 0.486. The van der Waals surface area contributed by atoms with Crippen molar-refractivity contribution in [1.29, 1.82) is 0 Å². The largest absolute Gasteiger partial charge is 0.349 e. The molecule has 1 unspecified atom stereocenters. The second-order valence-corrected chi connectivity index (χ2v) is 5.56. The third-order valence-corrected chi connectivity index (χ3v) is 3.58. The smallest absolute Gasteiger partial charge is 0.330 e. The van der Waals surface area contributed by atoms with Crippen molar-refractivity contribution >= 4 is 0 Å². The number of rotatable bonds is 3. The lowest BCUT2D eigenvalue weighted by molar-refractivity contribution is -0.196. The molecule has 0 bridgehead atoms. The Morgan fingerprint density at radius 1 is 1.41 bits per heavy atom. The van der Waals surface area contributed by atoms with E-state index in [9.17, 15) is 9.59 Å². The van der Waals surface area contributed by atoms with Crippen LogP contribution in [0.2, 0.25) is 0 Å². The molecule has 10 heteroatoms. The van der Waals surface area contributed by atoms with Gasteiger partial charge in [-0.3, -0.25) is 14.3 Å². The van der Waals surface area contributed by atoms with Crippen LogP contribution in [0.4, 0.5) is 0 Å². The van der Waals surface area contributed by atoms with Crippen LogP contribution in [-0.4, -0.2) is 40.2 Å². The Hall–Kier alpha value is -2.13. The van der Waals surface area contributed by atoms with Crippen LogP contribution < -0.4 is 11.2 Å². The molecule has 22 heavy (non-hydrogen) atoms. The van der Waals surface area contributed by atoms with Crippen molar-refractivity contribution in [2.24, 2.45) is 5.11 Å². The van der Waals surface area contributed by atoms with Gasteiger partial charge >= 0.3 is 5.69 Å². The predicted octanol–water partition coefficient (Wildman–Crippen LogP) is 0.264. The highest BCUT2D eigenvalue weighted by atomic mass is 16.8. The van der Waals surface area contributed by atoms with E-state index in [2.05, 4.69) is 15.0 Å². The van der Waals surface area contributed by atoms with Crippen LogP contribution in [0.1, 0.15) is 20.1 Å². The highest BCUT2D eigenvalue weighted by Gasteiger charge is 2.55. The molecule has 0 spiro atoms. The highest BCUT2D eigenvalue weighted by Crippen LogP contribution is 2.42. The van der Waals surface area contributed by atoms with Gasteiger partial charge in [0.15, 0.2) is 12.0 Å². The van der Waals surface area contributed by atoms with Gasteiger partial charge in [0, 0.05) is 17.2 Å². The van der Waals surface area contributed by atoms with E-state index >= 15 is 0 Å². The molecule has 4 atom stereocenters. The number of H-pyrrole nitrogens is 1. The molecule has 2 saturated heterocycles. The number of nitrogens with zero attached hydrogens (tertiary/aromatic N) is 4. The number of aromatic amines is 1. The third-order valence-electron chi connectivity index (χ3n) is 3.58. The van der Waals surface area contributed by atoms with Crippen molar-refractivity contribution in [2.75, 3.05) is 6.54 Å². The minimum absolute atomic E-state index is 0.0612. The fourth-order valence-corrected chi connectivity index (χ4v) is 2.77. The maximum atomic E-state index is 11.9. The molecule has 0 aliphatic carbocycles. The third kappa shape index (κ3) is 2.53. The Morgan fingerprint density at radius 3 is 2.82 bits per heavy atom. The summed E-state index contributed by atoms with van der Waals surface area (Å²) in [6.07, 6.45) is -0.976. The topological polar surface area (TPSA) is 131 Å². The Morgan fingerprint density at radius 2 is 2.14 bits per heavy atom. The first-order valence-electron chi connectivity index (χ1n) is 6.75. The van der Waals surface area contributed by atoms with Gasteiger partial charge in [0.1, 0.15) is 12.2 Å². The van der Waals surface area contributed by atoms with Gasteiger partial charge in [-0.2, -0.15) is 0 Å². The molecule has 0 radical (unpaired) electrons. The van der Waals surface area contributed by atoms with Gasteiger partial charge in [0.05, 0.1) is 12.6 Å². The number of hydrogen-bond donors (Lipinski definition) is 1. The first-order chi connectivity index (χ1) is 10.4. The van der Waals surface area contributed by atoms with Gasteiger partial charge < -0.3 is 14.2 Å². The summed E-state index contributed by atoms with van der Waals surface area (Å²) in [4.78, 5) is 28.0. The first-order valence-corrected chi connectivity index (χ1v) is 6.75. The Labute approximate surface area is 124 Å². The molecule has 1 aromatic rings. The number of fused-ring (bicyclic) bond motifs is 1. The number of nitrogens with one attached hydrogen (secondary N) is 1. The van der Waals surface area contributed by atoms with Crippen LogP contribution in [-0.2, 0) is 14.2 Å². The van der Waals surface area contributed by atoms with Crippen LogP contribution >= 0.6 is 0 Å². The number of azide groups is 1. The Bertz CT molecular complexity index is 734. The van der Waals surface area contributed by atoms with Crippen molar-refractivity contribution in [2.45, 2.75) is 44.2 Å². The van der Waals surface area contributed by atoms with Gasteiger partial charge in [0.2, 0.25) is 0 Å². The maximum Gasteiger partial charge on any atom is 0.330 e. The molecule has 3 heterocycles. The van der Waals surface area contributed by atoms with Crippen molar-refractivity contribution in [3.63, 3.8) is 0 Å². The van der Waals surface area contributed by atoms with Crippen LogP contribution in [0.25, 0.3) is 10.4 Å². The van der Waals surface area contributed by atoms with E-state index < -0.39 is 41.6 Å². The molecule has 0 amide bonds. The summed E-state index contributed by atoms with van der Waals surface area (Å²) in [6.45, 7) is 3.57. The Balaban J connectivity index is 1.96. The van der Waals surface area contributed by atoms with E-state index in [1.807, 2.05) is 0 Å². The first kappa shape index (κ1) is 14.8. The lowest BCUT2D eigenvalue weighted by atomic mass is 10.1. The van der Waals surface area contributed by atoms with Gasteiger partial charge in [-0.05, 0) is 19.4 Å². The number of hydrogen-bond acceptors (Lipinski definition) is 6. The zero-order valence-electron chi connectivity index (χ0n) is 12.0. The van der Waals surface area contributed by atoms with Crippen LogP contribution in [0.3, 0.4) is 0 Å². The summed E-state index contributed by atoms with van der Waals surface area (Å²) < 4.78 is 18.6. The van der Waals surface area contributed by atoms with Gasteiger partial charge in [-0.15, -0.1) is 0 Å². The molecular formula is C12H15N5O5. The fraction of sp³-hybridized carbons (Fsp3) is 0.667. The monoisotopic (exact) mass is 309 g/mol. The summed E-state index contributed by atoms with van der Waals surface area (Å²) in [5, 5.41) is 3.50. The average Bonchev–Trinajstić information content (AvgIpc) is 2.91. The second-order valence-electron chi connectivity index (χ2n) is 5.56. The molecule has 10 nitrogen and oxygen atoms in total. The minimum atomic E-state index is -0.836. The Kier molecular flexibility index (Phi) is 3.53. The zero-order valence-corrected chi connectivity index (χ0v) is 12.0. The van der Waals surface area contributed by atoms with Crippen LogP contribution in [0.5, 0.6) is 0 Å². The SMILES string of the molecule is CC1(C)OC2[C@@H](CN=[N+]=[N-])O[C@@H](n3ccc(=O)[nH]c3=O)[C@H]2O1. The lowest BCUT2D eigenvalue weighted by Crippen LogP contribution is -2.37. The van der Waals surface area contributed by atoms with Crippen molar-refractivity contribution < 1.29 is 14.2 Å². The van der Waals surface area contributed by atoms with E-state index in [0.29, 0.717) is 0 Å². The van der Waals surface area contributed by atoms with E-state index in [0.717, 1.165) is 0 Å². The van der Waals surface area contributed by atoms with Crippen LogP contribution in [0, 0.1) is 0 Å². The molecule has 2 aliphatic heterocycles. The van der Waals surface area contributed by atoms with Crippen molar-refractivity contribution in [3.05, 3.63) is 43.5 Å². The summed E-state index contributed by atoms with van der Waals surface area (Å²) >= 11 is 0. The van der Waals surface area contributed by atoms with E-state index in [1.54, 1.807) is 13.8 Å². The maximum absolute atomic E-state index is 11.9. The molecule has 0 saturated carbocycles. The molecule has 2 fully saturated rings. The summed E-state index contributed by atoms with van der Waals surface area (Å²) in [6, 6.07) is 1.22. The molecule has 3 rings (SSSR count). The fourth-order valence-electron chi connectivity index (χ4n) is 2.77. The predicted molar refractivity (Wildman–Crippen MR) is 73.1 cm³/mol. The van der Waals surface area contributed by atoms with Gasteiger partial charge in [-0.1, -0.05) is 5.11 Å². The summed E-state index contributed by atoms with van der Waals surface area (Å²) in [5.74, 6) is -0.836.